The summed E-state index contributed by atoms with van der Waals surface area (Å²) in [5, 5.41) is 11.4. The van der Waals surface area contributed by atoms with Gasteiger partial charge in [0.15, 0.2) is 0 Å². The Balaban J connectivity index is 1.79. The quantitative estimate of drug-likeness (QED) is 0.703. The highest BCUT2D eigenvalue weighted by Crippen LogP contribution is 2.58. The topological polar surface area (TPSA) is 78.9 Å². The molecular formula is C15H26N2O4. The van der Waals surface area contributed by atoms with Gasteiger partial charge in [0.25, 0.3) is 0 Å². The monoisotopic (exact) mass is 298 g/mol. The van der Waals surface area contributed by atoms with Crippen molar-refractivity contribution < 1.29 is 19.4 Å². The molecule has 2 fully saturated rings. The van der Waals surface area contributed by atoms with Gasteiger partial charge in [-0.25, -0.2) is 4.79 Å². The number of rotatable bonds is 7. The van der Waals surface area contributed by atoms with Gasteiger partial charge in [-0.05, 0) is 32.6 Å². The van der Waals surface area contributed by atoms with E-state index in [0.717, 1.165) is 25.9 Å². The van der Waals surface area contributed by atoms with Gasteiger partial charge in [-0.15, -0.1) is 0 Å². The van der Waals surface area contributed by atoms with Crippen LogP contribution >= 0.6 is 0 Å². The summed E-state index contributed by atoms with van der Waals surface area (Å²) in [6.45, 7) is 3.15. The fourth-order valence-electron chi connectivity index (χ4n) is 3.65. The van der Waals surface area contributed by atoms with Crippen molar-refractivity contribution in [1.82, 2.24) is 10.2 Å². The van der Waals surface area contributed by atoms with Gasteiger partial charge in [-0.1, -0.05) is 6.42 Å². The van der Waals surface area contributed by atoms with E-state index in [9.17, 15) is 9.59 Å². The van der Waals surface area contributed by atoms with Gasteiger partial charge in [0.2, 0.25) is 0 Å². The van der Waals surface area contributed by atoms with E-state index in [1.54, 1.807) is 4.90 Å². The molecule has 0 aliphatic heterocycles. The Morgan fingerprint density at radius 3 is 2.67 bits per heavy atom. The summed E-state index contributed by atoms with van der Waals surface area (Å²) in [5.41, 5.74) is 0.170. The Hall–Kier alpha value is -1.30. The van der Waals surface area contributed by atoms with E-state index in [-0.39, 0.29) is 23.9 Å². The molecule has 6 heteroatoms. The van der Waals surface area contributed by atoms with Gasteiger partial charge in [-0.2, -0.15) is 0 Å². The van der Waals surface area contributed by atoms with Crippen LogP contribution in [0.3, 0.4) is 0 Å². The highest BCUT2D eigenvalue weighted by atomic mass is 16.5. The van der Waals surface area contributed by atoms with Crippen molar-refractivity contribution in [1.29, 1.82) is 0 Å². The van der Waals surface area contributed by atoms with E-state index < -0.39 is 5.97 Å². The van der Waals surface area contributed by atoms with Crippen LogP contribution in [0.5, 0.6) is 0 Å². The van der Waals surface area contributed by atoms with Crippen LogP contribution in [0, 0.1) is 5.41 Å². The largest absolute Gasteiger partial charge is 0.481 e. The summed E-state index contributed by atoms with van der Waals surface area (Å²) in [6.07, 6.45) is 5.25. The first-order valence-electron chi connectivity index (χ1n) is 7.85. The molecular weight excluding hydrogens is 272 g/mol. The maximum Gasteiger partial charge on any atom is 0.317 e. The summed E-state index contributed by atoms with van der Waals surface area (Å²) in [6, 6.07) is 0.147. The molecule has 21 heavy (non-hydrogen) atoms. The molecule has 0 heterocycles. The van der Waals surface area contributed by atoms with Gasteiger partial charge in [0, 0.05) is 38.1 Å². The minimum Gasteiger partial charge on any atom is -0.481 e. The number of aliphatic carboxylic acids is 1. The number of urea groups is 1. The number of hydrogen-bond acceptors (Lipinski definition) is 3. The van der Waals surface area contributed by atoms with Gasteiger partial charge < -0.3 is 20.1 Å². The molecule has 6 nitrogen and oxygen atoms in total. The molecule has 0 aromatic rings. The lowest BCUT2D eigenvalue weighted by Crippen LogP contribution is -2.68. The molecule has 0 aromatic heterocycles. The van der Waals surface area contributed by atoms with E-state index in [2.05, 4.69) is 5.32 Å². The molecule has 2 unspecified atom stereocenters. The lowest BCUT2D eigenvalue weighted by atomic mass is 9.50. The first-order chi connectivity index (χ1) is 10.0. The molecule has 0 saturated heterocycles. The third kappa shape index (κ3) is 3.15. The standard InChI is InChI=1S/C15H26N2O4/c1-3-21-12-10-11(15(12)7-5-8-15)17(2)14(20)16-9-4-6-13(18)19/h11-12H,3-10H2,1-2H3,(H,16,20)(H,18,19). The highest BCUT2D eigenvalue weighted by molar-refractivity contribution is 5.74. The van der Waals surface area contributed by atoms with Crippen LogP contribution in [0.4, 0.5) is 4.79 Å². The minimum atomic E-state index is -0.829. The predicted octanol–water partition coefficient (Wildman–Crippen LogP) is 1.84. The van der Waals surface area contributed by atoms with Crippen molar-refractivity contribution in [3.8, 4) is 0 Å². The number of nitrogens with zero attached hydrogens (tertiary/aromatic N) is 1. The second-order valence-electron chi connectivity index (χ2n) is 6.12. The van der Waals surface area contributed by atoms with Crippen LogP contribution in [0.1, 0.15) is 45.4 Å². The number of nitrogens with one attached hydrogen (secondary N) is 1. The number of hydrogen-bond donors (Lipinski definition) is 2. The average Bonchev–Trinajstić information content (AvgIpc) is 2.36. The molecule has 0 aromatic carbocycles. The van der Waals surface area contributed by atoms with Gasteiger partial charge in [-0.3, -0.25) is 4.79 Å². The molecule has 2 amide bonds. The molecule has 1 spiro atoms. The number of ether oxygens (including phenoxy) is 1. The van der Waals surface area contributed by atoms with Crippen molar-refractivity contribution in [3.05, 3.63) is 0 Å². The third-order valence-corrected chi connectivity index (χ3v) is 5.03. The zero-order valence-electron chi connectivity index (χ0n) is 12.9. The Bertz CT molecular complexity index is 395. The molecule has 2 aliphatic rings. The molecule has 0 radical (unpaired) electrons. The number of carbonyl (C=O) groups is 2. The van der Waals surface area contributed by atoms with Crippen molar-refractivity contribution >= 4 is 12.0 Å². The highest BCUT2D eigenvalue weighted by Gasteiger charge is 2.60. The molecule has 2 rings (SSSR count). The lowest BCUT2D eigenvalue weighted by Gasteiger charge is -2.63. The van der Waals surface area contributed by atoms with Crippen molar-refractivity contribution in [3.63, 3.8) is 0 Å². The zero-order valence-corrected chi connectivity index (χ0v) is 12.9. The molecule has 2 atom stereocenters. The van der Waals surface area contributed by atoms with E-state index >= 15 is 0 Å². The second-order valence-corrected chi connectivity index (χ2v) is 6.12. The summed E-state index contributed by atoms with van der Waals surface area (Å²) in [7, 11) is 1.83. The van der Waals surface area contributed by atoms with Crippen LogP contribution < -0.4 is 5.32 Å². The van der Waals surface area contributed by atoms with Gasteiger partial charge in [0.05, 0.1) is 6.10 Å². The summed E-state index contributed by atoms with van der Waals surface area (Å²) in [5.74, 6) is -0.829. The smallest absolute Gasteiger partial charge is 0.317 e. The maximum atomic E-state index is 12.1. The number of carboxylic acids is 1. The van der Waals surface area contributed by atoms with Crippen molar-refractivity contribution in [2.45, 2.75) is 57.6 Å². The normalized spacial score (nSPS) is 25.8. The van der Waals surface area contributed by atoms with Crippen LogP contribution in [-0.4, -0.2) is 54.4 Å². The molecule has 0 bridgehead atoms. The molecule has 2 aliphatic carbocycles. The Labute approximate surface area is 125 Å². The molecule has 120 valence electrons. The van der Waals surface area contributed by atoms with E-state index in [1.165, 1.54) is 6.42 Å². The fourth-order valence-corrected chi connectivity index (χ4v) is 3.65. The number of carboxylic acid groups (broad SMARTS) is 1. The fraction of sp³-hybridized carbons (Fsp3) is 0.867. The van der Waals surface area contributed by atoms with Crippen LogP contribution in [0.15, 0.2) is 0 Å². The lowest BCUT2D eigenvalue weighted by molar-refractivity contribution is -0.191. The van der Waals surface area contributed by atoms with Crippen LogP contribution in [-0.2, 0) is 9.53 Å². The van der Waals surface area contributed by atoms with Crippen molar-refractivity contribution in [2.24, 2.45) is 5.41 Å². The van der Waals surface area contributed by atoms with E-state index in [1.807, 2.05) is 14.0 Å². The second kappa shape index (κ2) is 6.64. The molecule has 2 saturated carbocycles. The Morgan fingerprint density at radius 2 is 2.14 bits per heavy atom. The Kier molecular flexibility index (Phi) is 5.08. The zero-order chi connectivity index (χ0) is 15.5. The Morgan fingerprint density at radius 1 is 1.43 bits per heavy atom. The first kappa shape index (κ1) is 16.1. The van der Waals surface area contributed by atoms with Crippen LogP contribution in [0.25, 0.3) is 0 Å². The summed E-state index contributed by atoms with van der Waals surface area (Å²) >= 11 is 0. The van der Waals surface area contributed by atoms with Gasteiger partial charge >= 0.3 is 12.0 Å². The summed E-state index contributed by atoms with van der Waals surface area (Å²) in [4.78, 5) is 24.4. The number of carbonyl (C=O) groups excluding carboxylic acids is 1. The van der Waals surface area contributed by atoms with E-state index in [0.29, 0.717) is 19.1 Å². The molecule has 2 N–H and O–H groups in total. The van der Waals surface area contributed by atoms with E-state index in [4.69, 9.17) is 9.84 Å². The predicted molar refractivity (Wildman–Crippen MR) is 78.1 cm³/mol. The van der Waals surface area contributed by atoms with Gasteiger partial charge in [0.1, 0.15) is 0 Å². The maximum absolute atomic E-state index is 12.1. The SMILES string of the molecule is CCOC1CC(N(C)C(=O)NCCCC(=O)O)C12CCC2. The first-order valence-corrected chi connectivity index (χ1v) is 7.85. The van der Waals surface area contributed by atoms with Crippen molar-refractivity contribution in [2.75, 3.05) is 20.2 Å². The summed E-state index contributed by atoms with van der Waals surface area (Å²) < 4.78 is 5.80. The minimum absolute atomic E-state index is 0.0871. The average molecular weight is 298 g/mol. The third-order valence-electron chi connectivity index (χ3n) is 5.03. The van der Waals surface area contributed by atoms with Crippen LogP contribution in [0.2, 0.25) is 0 Å². The number of amides is 2.